The van der Waals surface area contributed by atoms with Crippen molar-refractivity contribution in [3.8, 4) is 0 Å². The summed E-state index contributed by atoms with van der Waals surface area (Å²) < 4.78 is 23.7. The van der Waals surface area contributed by atoms with Crippen LogP contribution in [0.15, 0.2) is 24.3 Å². The molecular formula is C14H22ClN3O3S. The molecule has 0 heterocycles. The van der Waals surface area contributed by atoms with Crippen LogP contribution in [0.25, 0.3) is 0 Å². The Kier molecular flexibility index (Phi) is 7.12. The Balaban J connectivity index is 2.34. The molecule has 8 heteroatoms. The fraction of sp³-hybridized carbons (Fsp3) is 0.500. The molecule has 0 aliphatic carbocycles. The van der Waals surface area contributed by atoms with Crippen molar-refractivity contribution in [3.05, 3.63) is 34.9 Å². The van der Waals surface area contributed by atoms with E-state index in [4.69, 9.17) is 11.6 Å². The Hall–Kier alpha value is -1.31. The van der Waals surface area contributed by atoms with Gasteiger partial charge in [0.15, 0.2) is 0 Å². The minimum absolute atomic E-state index is 0.215. The molecule has 0 spiro atoms. The van der Waals surface area contributed by atoms with Gasteiger partial charge in [-0.3, -0.25) is 0 Å². The standard InChI is InChI=1S/C14H22ClN3O3S/c1-11(12-7-4-5-8-13(12)15)17-14(19)16-9-6-10-18(2)22(3,20)21/h4-5,7-8,11H,6,9-10H2,1-3H3,(H2,16,17,19)/t11-/m0/s1. The number of nitrogens with one attached hydrogen (secondary N) is 2. The lowest BCUT2D eigenvalue weighted by molar-refractivity contribution is 0.237. The summed E-state index contributed by atoms with van der Waals surface area (Å²) in [6, 6.07) is 6.79. The molecule has 1 rings (SSSR count). The van der Waals surface area contributed by atoms with Gasteiger partial charge < -0.3 is 10.6 Å². The van der Waals surface area contributed by atoms with Gasteiger partial charge in [0.25, 0.3) is 0 Å². The van der Waals surface area contributed by atoms with Gasteiger partial charge in [0.2, 0.25) is 10.0 Å². The summed E-state index contributed by atoms with van der Waals surface area (Å²) in [6.07, 6.45) is 1.69. The van der Waals surface area contributed by atoms with Crippen molar-refractivity contribution in [1.29, 1.82) is 0 Å². The molecule has 1 atom stereocenters. The van der Waals surface area contributed by atoms with Gasteiger partial charge in [0, 0.05) is 25.2 Å². The minimum atomic E-state index is -3.17. The van der Waals surface area contributed by atoms with E-state index in [1.807, 2.05) is 25.1 Å². The molecule has 2 N–H and O–H groups in total. The lowest BCUT2D eigenvalue weighted by atomic mass is 10.1. The molecule has 0 unspecified atom stereocenters. The highest BCUT2D eigenvalue weighted by molar-refractivity contribution is 7.88. The van der Waals surface area contributed by atoms with Gasteiger partial charge in [-0.2, -0.15) is 0 Å². The van der Waals surface area contributed by atoms with Gasteiger partial charge in [-0.25, -0.2) is 17.5 Å². The third-order valence-electron chi connectivity index (χ3n) is 3.22. The van der Waals surface area contributed by atoms with Crippen LogP contribution in [0.3, 0.4) is 0 Å². The predicted molar refractivity (Wildman–Crippen MR) is 88.5 cm³/mol. The molecule has 124 valence electrons. The number of urea groups is 1. The van der Waals surface area contributed by atoms with Gasteiger partial charge >= 0.3 is 6.03 Å². The van der Waals surface area contributed by atoms with Crippen molar-refractivity contribution < 1.29 is 13.2 Å². The monoisotopic (exact) mass is 347 g/mol. The third kappa shape index (κ3) is 6.21. The molecule has 1 aromatic carbocycles. The largest absolute Gasteiger partial charge is 0.338 e. The van der Waals surface area contributed by atoms with Crippen molar-refractivity contribution in [2.75, 3.05) is 26.4 Å². The Morgan fingerprint density at radius 2 is 2.00 bits per heavy atom. The van der Waals surface area contributed by atoms with E-state index in [9.17, 15) is 13.2 Å². The van der Waals surface area contributed by atoms with Crippen LogP contribution in [-0.2, 0) is 10.0 Å². The number of carbonyl (C=O) groups excluding carboxylic acids is 1. The maximum Gasteiger partial charge on any atom is 0.315 e. The maximum atomic E-state index is 11.8. The summed E-state index contributed by atoms with van der Waals surface area (Å²) in [4.78, 5) is 11.8. The summed E-state index contributed by atoms with van der Waals surface area (Å²) in [6.45, 7) is 2.60. The zero-order valence-electron chi connectivity index (χ0n) is 13.0. The Labute approximate surface area is 136 Å². The molecule has 22 heavy (non-hydrogen) atoms. The summed E-state index contributed by atoms with van der Waals surface area (Å²) in [5.41, 5.74) is 0.844. The summed E-state index contributed by atoms with van der Waals surface area (Å²) in [5, 5.41) is 6.09. The van der Waals surface area contributed by atoms with Gasteiger partial charge in [-0.1, -0.05) is 29.8 Å². The second-order valence-electron chi connectivity index (χ2n) is 5.08. The van der Waals surface area contributed by atoms with Gasteiger partial charge in [0.05, 0.1) is 12.3 Å². The SMILES string of the molecule is C[C@H](NC(=O)NCCCN(C)S(C)(=O)=O)c1ccccc1Cl. The maximum absolute atomic E-state index is 11.8. The highest BCUT2D eigenvalue weighted by Crippen LogP contribution is 2.21. The van der Waals surface area contributed by atoms with Crippen LogP contribution in [0.5, 0.6) is 0 Å². The van der Waals surface area contributed by atoms with E-state index >= 15 is 0 Å². The van der Waals surface area contributed by atoms with Crippen molar-refractivity contribution in [2.45, 2.75) is 19.4 Å². The second kappa shape index (κ2) is 8.36. The van der Waals surface area contributed by atoms with Gasteiger partial charge in [-0.05, 0) is 25.0 Å². The molecule has 0 fully saturated rings. The van der Waals surface area contributed by atoms with Crippen LogP contribution in [0, 0.1) is 0 Å². The number of nitrogens with zero attached hydrogens (tertiary/aromatic N) is 1. The van der Waals surface area contributed by atoms with E-state index in [0.29, 0.717) is 24.5 Å². The van der Waals surface area contributed by atoms with E-state index in [-0.39, 0.29) is 12.1 Å². The van der Waals surface area contributed by atoms with Crippen LogP contribution in [-0.4, -0.2) is 45.1 Å². The Morgan fingerprint density at radius 3 is 2.59 bits per heavy atom. The highest BCUT2D eigenvalue weighted by Gasteiger charge is 2.12. The molecule has 0 aromatic heterocycles. The average molecular weight is 348 g/mol. The number of benzene rings is 1. The number of halogens is 1. The summed E-state index contributed by atoms with van der Waals surface area (Å²) in [5.74, 6) is 0. The molecule has 0 aliphatic rings. The van der Waals surface area contributed by atoms with Crippen molar-refractivity contribution in [1.82, 2.24) is 14.9 Å². The quantitative estimate of drug-likeness (QED) is 0.740. The van der Waals surface area contributed by atoms with Crippen LogP contribution < -0.4 is 10.6 Å². The van der Waals surface area contributed by atoms with Gasteiger partial charge in [-0.15, -0.1) is 0 Å². The van der Waals surface area contributed by atoms with E-state index in [1.54, 1.807) is 6.07 Å². The fourth-order valence-corrected chi connectivity index (χ4v) is 2.58. The summed E-state index contributed by atoms with van der Waals surface area (Å²) >= 11 is 6.07. The van der Waals surface area contributed by atoms with Crippen LogP contribution >= 0.6 is 11.6 Å². The zero-order valence-corrected chi connectivity index (χ0v) is 14.5. The first kappa shape index (κ1) is 18.7. The number of amides is 2. The molecule has 1 aromatic rings. The Bertz CT molecular complexity index is 607. The van der Waals surface area contributed by atoms with Crippen molar-refractivity contribution in [2.24, 2.45) is 0 Å². The molecule has 0 saturated heterocycles. The van der Waals surface area contributed by atoms with E-state index in [0.717, 1.165) is 11.8 Å². The molecule has 0 bridgehead atoms. The van der Waals surface area contributed by atoms with Crippen LogP contribution in [0.2, 0.25) is 5.02 Å². The minimum Gasteiger partial charge on any atom is -0.338 e. The number of hydrogen-bond acceptors (Lipinski definition) is 3. The van der Waals surface area contributed by atoms with E-state index in [2.05, 4.69) is 10.6 Å². The molecule has 6 nitrogen and oxygen atoms in total. The molecular weight excluding hydrogens is 326 g/mol. The first-order valence-corrected chi connectivity index (χ1v) is 9.14. The number of sulfonamides is 1. The molecule has 0 saturated carbocycles. The predicted octanol–water partition coefficient (Wildman–Crippen LogP) is 1.98. The van der Waals surface area contributed by atoms with Crippen molar-refractivity contribution in [3.63, 3.8) is 0 Å². The second-order valence-corrected chi connectivity index (χ2v) is 7.58. The smallest absolute Gasteiger partial charge is 0.315 e. The van der Waals surface area contributed by atoms with Crippen LogP contribution in [0.1, 0.15) is 24.9 Å². The number of hydrogen-bond donors (Lipinski definition) is 2. The zero-order chi connectivity index (χ0) is 16.8. The van der Waals surface area contributed by atoms with E-state index < -0.39 is 10.0 Å². The third-order valence-corrected chi connectivity index (χ3v) is 4.88. The van der Waals surface area contributed by atoms with Crippen LogP contribution in [0.4, 0.5) is 4.79 Å². The summed E-state index contributed by atoms with van der Waals surface area (Å²) in [7, 11) is -1.66. The molecule has 0 aliphatic heterocycles. The van der Waals surface area contributed by atoms with Crippen molar-refractivity contribution >= 4 is 27.7 Å². The number of rotatable bonds is 7. The molecule has 2 amide bonds. The lowest BCUT2D eigenvalue weighted by Crippen LogP contribution is -2.38. The first-order chi connectivity index (χ1) is 10.2. The topological polar surface area (TPSA) is 78.5 Å². The van der Waals surface area contributed by atoms with E-state index in [1.165, 1.54) is 11.4 Å². The highest BCUT2D eigenvalue weighted by atomic mass is 35.5. The average Bonchev–Trinajstić information content (AvgIpc) is 2.42. The fourth-order valence-electron chi connectivity index (χ4n) is 1.82. The first-order valence-electron chi connectivity index (χ1n) is 6.92. The number of carbonyl (C=O) groups is 1. The lowest BCUT2D eigenvalue weighted by Gasteiger charge is -2.17. The van der Waals surface area contributed by atoms with Gasteiger partial charge in [0.1, 0.15) is 0 Å². The molecule has 0 radical (unpaired) electrons. The normalized spacial score (nSPS) is 13.0. The Morgan fingerprint density at radius 1 is 1.36 bits per heavy atom.